The van der Waals surface area contributed by atoms with E-state index in [1.807, 2.05) is 14.0 Å². The van der Waals surface area contributed by atoms with Gasteiger partial charge in [-0.25, -0.2) is 0 Å². The van der Waals surface area contributed by atoms with E-state index in [1.165, 1.54) is 39.5 Å². The quantitative estimate of drug-likeness (QED) is 0.525. The van der Waals surface area contributed by atoms with Crippen LogP contribution < -0.4 is 5.32 Å². The second-order valence-corrected chi connectivity index (χ2v) is 6.76. The maximum absolute atomic E-state index is 11.8. The molecule has 0 bridgehead atoms. The van der Waals surface area contributed by atoms with E-state index in [-0.39, 0.29) is 5.97 Å². The van der Waals surface area contributed by atoms with E-state index in [2.05, 4.69) is 24.1 Å². The Kier molecular flexibility index (Phi) is 7.14. The van der Waals surface area contributed by atoms with E-state index in [9.17, 15) is 4.79 Å². The first-order valence-electron chi connectivity index (χ1n) is 8.45. The second-order valence-electron chi connectivity index (χ2n) is 6.76. The standard InChI is InChI=1S/C17H34N2O2/c1-6-17(7-2)11-13-19(14-17)12-9-8-10-16(3,18-4)15(20)21-5/h18H,6-14H2,1-5H3. The number of hydrogen-bond donors (Lipinski definition) is 1. The number of likely N-dealkylation sites (tertiary alicyclic amines) is 1. The highest BCUT2D eigenvalue weighted by Crippen LogP contribution is 2.36. The van der Waals surface area contributed by atoms with Crippen molar-refractivity contribution in [3.8, 4) is 0 Å². The van der Waals surface area contributed by atoms with Crippen LogP contribution in [0.25, 0.3) is 0 Å². The molecule has 1 unspecified atom stereocenters. The van der Waals surface area contributed by atoms with Crippen LogP contribution in [0.2, 0.25) is 0 Å². The van der Waals surface area contributed by atoms with Gasteiger partial charge in [0.1, 0.15) is 5.54 Å². The first-order chi connectivity index (χ1) is 9.95. The van der Waals surface area contributed by atoms with Gasteiger partial charge in [-0.3, -0.25) is 4.79 Å². The molecule has 0 aromatic rings. The van der Waals surface area contributed by atoms with Gasteiger partial charge in [-0.05, 0) is 71.0 Å². The van der Waals surface area contributed by atoms with Gasteiger partial charge in [0.25, 0.3) is 0 Å². The molecule has 0 aromatic heterocycles. The number of unbranched alkanes of at least 4 members (excludes halogenated alkanes) is 1. The fourth-order valence-electron chi connectivity index (χ4n) is 3.41. The molecule has 1 atom stereocenters. The molecule has 0 aliphatic carbocycles. The molecule has 21 heavy (non-hydrogen) atoms. The number of carbonyl (C=O) groups excluding carboxylic acids is 1. The third-order valence-corrected chi connectivity index (χ3v) is 5.61. The van der Waals surface area contributed by atoms with E-state index in [0.29, 0.717) is 5.41 Å². The number of nitrogens with one attached hydrogen (secondary N) is 1. The van der Waals surface area contributed by atoms with Gasteiger partial charge in [0, 0.05) is 6.54 Å². The number of nitrogens with zero attached hydrogens (tertiary/aromatic N) is 1. The molecule has 0 amide bonds. The number of esters is 1. The molecule has 0 aromatic carbocycles. The van der Waals surface area contributed by atoms with Crippen molar-refractivity contribution in [2.75, 3.05) is 33.8 Å². The summed E-state index contributed by atoms with van der Waals surface area (Å²) in [6, 6.07) is 0. The summed E-state index contributed by atoms with van der Waals surface area (Å²) >= 11 is 0. The molecule has 4 nitrogen and oxygen atoms in total. The minimum absolute atomic E-state index is 0.165. The highest BCUT2D eigenvalue weighted by Gasteiger charge is 2.35. The Balaban J connectivity index is 2.30. The molecule has 124 valence electrons. The van der Waals surface area contributed by atoms with Gasteiger partial charge >= 0.3 is 5.97 Å². The number of carbonyl (C=O) groups is 1. The normalized spacial score (nSPS) is 21.2. The lowest BCUT2D eigenvalue weighted by atomic mass is 9.82. The number of rotatable bonds is 9. The minimum Gasteiger partial charge on any atom is -0.468 e. The van der Waals surface area contributed by atoms with Crippen LogP contribution in [0.5, 0.6) is 0 Å². The van der Waals surface area contributed by atoms with Crippen LogP contribution >= 0.6 is 0 Å². The van der Waals surface area contributed by atoms with Crippen molar-refractivity contribution in [3.63, 3.8) is 0 Å². The van der Waals surface area contributed by atoms with E-state index in [0.717, 1.165) is 25.8 Å². The molecule has 1 rings (SSSR count). The Morgan fingerprint density at radius 1 is 1.33 bits per heavy atom. The van der Waals surface area contributed by atoms with E-state index >= 15 is 0 Å². The lowest BCUT2D eigenvalue weighted by Crippen LogP contribution is -2.48. The zero-order valence-electron chi connectivity index (χ0n) is 14.6. The van der Waals surface area contributed by atoms with Crippen LogP contribution in [0.15, 0.2) is 0 Å². The molecule has 4 heteroatoms. The fourth-order valence-corrected chi connectivity index (χ4v) is 3.41. The SMILES string of the molecule is CCC1(CC)CCN(CCCCC(C)(NC)C(=O)OC)C1. The number of likely N-dealkylation sites (N-methyl/N-ethyl adjacent to an activating group) is 1. The maximum atomic E-state index is 11.8. The van der Waals surface area contributed by atoms with Gasteiger partial charge in [-0.15, -0.1) is 0 Å². The van der Waals surface area contributed by atoms with Crippen molar-refractivity contribution < 1.29 is 9.53 Å². The Bertz CT molecular complexity index is 329. The molecule has 1 N–H and O–H groups in total. The zero-order valence-corrected chi connectivity index (χ0v) is 14.6. The van der Waals surface area contributed by atoms with Gasteiger partial charge in [-0.1, -0.05) is 13.8 Å². The first kappa shape index (κ1) is 18.4. The van der Waals surface area contributed by atoms with E-state index < -0.39 is 5.54 Å². The highest BCUT2D eigenvalue weighted by atomic mass is 16.5. The Hall–Kier alpha value is -0.610. The summed E-state index contributed by atoms with van der Waals surface area (Å²) in [4.78, 5) is 14.4. The molecule has 0 spiro atoms. The smallest absolute Gasteiger partial charge is 0.325 e. The van der Waals surface area contributed by atoms with Crippen LogP contribution in [0.4, 0.5) is 0 Å². The summed E-state index contributed by atoms with van der Waals surface area (Å²) in [5.41, 5.74) is 0.0157. The molecule has 1 aliphatic rings. The van der Waals surface area contributed by atoms with Crippen molar-refractivity contribution >= 4 is 5.97 Å². The summed E-state index contributed by atoms with van der Waals surface area (Å²) in [6.07, 6.45) is 6.96. The first-order valence-corrected chi connectivity index (χ1v) is 8.45. The predicted octanol–water partition coefficient (Wildman–Crippen LogP) is 2.82. The topological polar surface area (TPSA) is 41.6 Å². The predicted molar refractivity (Wildman–Crippen MR) is 87.4 cm³/mol. The van der Waals surface area contributed by atoms with Crippen LogP contribution in [0.1, 0.15) is 59.3 Å². The highest BCUT2D eigenvalue weighted by molar-refractivity contribution is 5.80. The molecular formula is C17H34N2O2. The van der Waals surface area contributed by atoms with E-state index in [4.69, 9.17) is 4.74 Å². The van der Waals surface area contributed by atoms with Crippen LogP contribution in [0.3, 0.4) is 0 Å². The number of hydrogen-bond acceptors (Lipinski definition) is 4. The third kappa shape index (κ3) is 4.68. The fraction of sp³-hybridized carbons (Fsp3) is 0.941. The molecule has 1 aliphatic heterocycles. The monoisotopic (exact) mass is 298 g/mol. The van der Waals surface area contributed by atoms with Crippen LogP contribution in [-0.4, -0.2) is 50.2 Å². The summed E-state index contributed by atoms with van der Waals surface area (Å²) in [7, 11) is 3.28. The van der Waals surface area contributed by atoms with Gasteiger partial charge in [0.2, 0.25) is 0 Å². The van der Waals surface area contributed by atoms with Crippen molar-refractivity contribution in [2.45, 2.75) is 64.8 Å². The lowest BCUT2D eigenvalue weighted by Gasteiger charge is -2.27. The second kappa shape index (κ2) is 8.14. The summed E-state index contributed by atoms with van der Waals surface area (Å²) < 4.78 is 4.88. The lowest BCUT2D eigenvalue weighted by molar-refractivity contribution is -0.148. The zero-order chi connectivity index (χ0) is 15.9. The molecule has 0 radical (unpaired) electrons. The average molecular weight is 298 g/mol. The molecule has 1 heterocycles. The Morgan fingerprint density at radius 2 is 2.00 bits per heavy atom. The molecule has 1 saturated heterocycles. The van der Waals surface area contributed by atoms with Crippen LogP contribution in [0, 0.1) is 5.41 Å². The average Bonchev–Trinajstić information content (AvgIpc) is 2.94. The summed E-state index contributed by atoms with van der Waals surface area (Å²) in [5, 5.41) is 3.10. The van der Waals surface area contributed by atoms with Crippen molar-refractivity contribution in [1.82, 2.24) is 10.2 Å². The minimum atomic E-state index is -0.545. The van der Waals surface area contributed by atoms with Gasteiger partial charge in [-0.2, -0.15) is 0 Å². The number of methoxy groups -OCH3 is 1. The van der Waals surface area contributed by atoms with Gasteiger partial charge in [0.05, 0.1) is 7.11 Å². The molecular weight excluding hydrogens is 264 g/mol. The summed E-state index contributed by atoms with van der Waals surface area (Å²) in [6.45, 7) is 10.2. The summed E-state index contributed by atoms with van der Waals surface area (Å²) in [5.74, 6) is -0.165. The van der Waals surface area contributed by atoms with Crippen molar-refractivity contribution in [1.29, 1.82) is 0 Å². The van der Waals surface area contributed by atoms with Gasteiger partial charge in [0.15, 0.2) is 0 Å². The Morgan fingerprint density at radius 3 is 2.48 bits per heavy atom. The largest absolute Gasteiger partial charge is 0.468 e. The third-order valence-electron chi connectivity index (χ3n) is 5.61. The van der Waals surface area contributed by atoms with Crippen molar-refractivity contribution in [3.05, 3.63) is 0 Å². The molecule has 1 fully saturated rings. The van der Waals surface area contributed by atoms with E-state index in [1.54, 1.807) is 0 Å². The number of ether oxygens (including phenoxy) is 1. The molecule has 0 saturated carbocycles. The van der Waals surface area contributed by atoms with Crippen molar-refractivity contribution in [2.24, 2.45) is 5.41 Å². The Labute approximate surface area is 130 Å². The maximum Gasteiger partial charge on any atom is 0.325 e. The van der Waals surface area contributed by atoms with Crippen LogP contribution in [-0.2, 0) is 9.53 Å². The van der Waals surface area contributed by atoms with Gasteiger partial charge < -0.3 is 15.0 Å².